The molecule has 2 nitrogen and oxygen atoms in total. The van der Waals surface area contributed by atoms with Gasteiger partial charge in [-0.25, -0.2) is 0 Å². The molecule has 120 valence electrons. The topological polar surface area (TPSA) is 18.5 Å². The molecule has 0 aromatic heterocycles. The van der Waals surface area contributed by atoms with Gasteiger partial charge in [-0.1, -0.05) is 37.8 Å². The zero-order chi connectivity index (χ0) is 14.9. The first kappa shape index (κ1) is 19.9. The summed E-state index contributed by atoms with van der Waals surface area (Å²) < 4.78 is 11.1. The van der Waals surface area contributed by atoms with Gasteiger partial charge in [0.15, 0.2) is 6.29 Å². The smallest absolute Gasteiger partial charge is 0.157 e. The van der Waals surface area contributed by atoms with Crippen molar-refractivity contribution >= 4 is 11.6 Å². The van der Waals surface area contributed by atoms with Crippen molar-refractivity contribution in [3.8, 4) is 0 Å². The number of hydrogen-bond acceptors (Lipinski definition) is 2. The highest BCUT2D eigenvalue weighted by molar-refractivity contribution is 6.17. The molecular weight excluding hydrogens is 272 g/mol. The molecule has 0 fully saturated rings. The van der Waals surface area contributed by atoms with Crippen molar-refractivity contribution in [2.75, 3.05) is 19.1 Å². The SMILES string of the molecule is CCOC(CCCCCCCC/C=C\CCCl)OCC. The number of alkyl halides is 1. The number of ether oxygens (including phenoxy) is 2. The zero-order valence-corrected chi connectivity index (χ0v) is 14.2. The fraction of sp³-hybridized carbons (Fsp3) is 0.882. The third-order valence-electron chi connectivity index (χ3n) is 3.21. The van der Waals surface area contributed by atoms with Crippen molar-refractivity contribution in [1.82, 2.24) is 0 Å². The van der Waals surface area contributed by atoms with E-state index in [-0.39, 0.29) is 6.29 Å². The van der Waals surface area contributed by atoms with Crippen LogP contribution in [0.4, 0.5) is 0 Å². The van der Waals surface area contributed by atoms with E-state index in [1.807, 2.05) is 13.8 Å². The molecule has 0 aliphatic heterocycles. The van der Waals surface area contributed by atoms with Crippen LogP contribution >= 0.6 is 11.6 Å². The van der Waals surface area contributed by atoms with E-state index >= 15 is 0 Å². The summed E-state index contributed by atoms with van der Waals surface area (Å²) in [6.45, 7) is 5.52. The Kier molecular flexibility index (Phi) is 17.0. The molecule has 0 radical (unpaired) electrons. The van der Waals surface area contributed by atoms with Crippen LogP contribution in [-0.2, 0) is 9.47 Å². The quantitative estimate of drug-likeness (QED) is 0.167. The van der Waals surface area contributed by atoms with Crippen molar-refractivity contribution in [3.05, 3.63) is 12.2 Å². The lowest BCUT2D eigenvalue weighted by atomic mass is 10.1. The Labute approximate surface area is 130 Å². The van der Waals surface area contributed by atoms with Crippen LogP contribution in [-0.4, -0.2) is 25.4 Å². The van der Waals surface area contributed by atoms with E-state index in [9.17, 15) is 0 Å². The van der Waals surface area contributed by atoms with Gasteiger partial charge in [-0.15, -0.1) is 11.6 Å². The van der Waals surface area contributed by atoms with E-state index in [4.69, 9.17) is 21.1 Å². The molecule has 0 amide bonds. The molecule has 0 heterocycles. The first-order chi connectivity index (χ1) is 9.85. The van der Waals surface area contributed by atoms with Gasteiger partial charge in [0.25, 0.3) is 0 Å². The lowest BCUT2D eigenvalue weighted by Crippen LogP contribution is -2.17. The second-order valence-corrected chi connectivity index (χ2v) is 5.37. The third-order valence-corrected chi connectivity index (χ3v) is 3.43. The second-order valence-electron chi connectivity index (χ2n) is 4.99. The van der Waals surface area contributed by atoms with Gasteiger partial charge in [0, 0.05) is 19.1 Å². The highest BCUT2D eigenvalue weighted by Gasteiger charge is 2.06. The molecule has 0 aliphatic rings. The fourth-order valence-corrected chi connectivity index (χ4v) is 2.29. The van der Waals surface area contributed by atoms with E-state index in [1.54, 1.807) is 0 Å². The summed E-state index contributed by atoms with van der Waals surface area (Å²) in [7, 11) is 0. The number of rotatable bonds is 15. The minimum Gasteiger partial charge on any atom is -0.353 e. The predicted octanol–water partition coefficient (Wildman–Crippen LogP) is 5.69. The monoisotopic (exact) mass is 304 g/mol. The highest BCUT2D eigenvalue weighted by atomic mass is 35.5. The maximum atomic E-state index is 5.61. The van der Waals surface area contributed by atoms with E-state index in [0.29, 0.717) is 0 Å². The maximum Gasteiger partial charge on any atom is 0.157 e. The van der Waals surface area contributed by atoms with Crippen LogP contribution in [0.25, 0.3) is 0 Å². The molecule has 0 bridgehead atoms. The van der Waals surface area contributed by atoms with Gasteiger partial charge in [0.1, 0.15) is 0 Å². The minimum absolute atomic E-state index is 0.0112. The van der Waals surface area contributed by atoms with Crippen molar-refractivity contribution in [2.45, 2.75) is 77.9 Å². The number of hydrogen-bond donors (Lipinski definition) is 0. The Bertz CT molecular complexity index is 201. The predicted molar refractivity (Wildman–Crippen MR) is 88.5 cm³/mol. The largest absolute Gasteiger partial charge is 0.353 e. The van der Waals surface area contributed by atoms with Gasteiger partial charge in [0.2, 0.25) is 0 Å². The summed E-state index contributed by atoms with van der Waals surface area (Å²) in [4.78, 5) is 0. The summed E-state index contributed by atoms with van der Waals surface area (Å²) >= 11 is 5.61. The Balaban J connectivity index is 3.26. The standard InChI is InChI=1S/C17H33ClO2/c1-3-19-17(20-4-2)15-13-11-9-7-5-6-8-10-12-14-16-18/h10,12,17H,3-9,11,13-16H2,1-2H3/b12-10-. The lowest BCUT2D eigenvalue weighted by molar-refractivity contribution is -0.140. The second kappa shape index (κ2) is 17.0. The van der Waals surface area contributed by atoms with E-state index in [0.717, 1.165) is 31.9 Å². The summed E-state index contributed by atoms with van der Waals surface area (Å²) in [5.74, 6) is 0.737. The zero-order valence-electron chi connectivity index (χ0n) is 13.4. The van der Waals surface area contributed by atoms with Crippen LogP contribution in [0.5, 0.6) is 0 Å². The molecule has 0 spiro atoms. The lowest BCUT2D eigenvalue weighted by Gasteiger charge is -2.16. The Morgan fingerprint density at radius 2 is 1.35 bits per heavy atom. The third kappa shape index (κ3) is 14.4. The highest BCUT2D eigenvalue weighted by Crippen LogP contribution is 2.12. The molecule has 0 N–H and O–H groups in total. The Hall–Kier alpha value is -0.0500. The van der Waals surface area contributed by atoms with Crippen molar-refractivity contribution in [1.29, 1.82) is 0 Å². The minimum atomic E-state index is 0.0112. The molecule has 20 heavy (non-hydrogen) atoms. The molecule has 0 saturated carbocycles. The van der Waals surface area contributed by atoms with Gasteiger partial charge in [-0.3, -0.25) is 0 Å². The number of halogens is 1. The van der Waals surface area contributed by atoms with Crippen LogP contribution in [0, 0.1) is 0 Å². The first-order valence-corrected chi connectivity index (χ1v) is 8.82. The van der Waals surface area contributed by atoms with Crippen molar-refractivity contribution in [3.63, 3.8) is 0 Å². The normalized spacial score (nSPS) is 11.8. The maximum absolute atomic E-state index is 5.61. The molecule has 0 unspecified atom stereocenters. The van der Waals surface area contributed by atoms with Gasteiger partial charge in [-0.2, -0.15) is 0 Å². The molecule has 0 aliphatic carbocycles. The summed E-state index contributed by atoms with van der Waals surface area (Å²) in [5.41, 5.74) is 0. The van der Waals surface area contributed by atoms with Gasteiger partial charge >= 0.3 is 0 Å². The van der Waals surface area contributed by atoms with E-state index in [2.05, 4.69) is 12.2 Å². The average Bonchev–Trinajstić information content (AvgIpc) is 2.45. The first-order valence-electron chi connectivity index (χ1n) is 8.29. The molecule has 0 aromatic rings. The molecular formula is C17H33ClO2. The van der Waals surface area contributed by atoms with Crippen LogP contribution < -0.4 is 0 Å². The Morgan fingerprint density at radius 3 is 1.95 bits per heavy atom. The molecule has 0 saturated heterocycles. The Morgan fingerprint density at radius 1 is 0.800 bits per heavy atom. The van der Waals surface area contributed by atoms with Gasteiger partial charge in [-0.05, 0) is 46.0 Å². The van der Waals surface area contributed by atoms with Crippen molar-refractivity contribution in [2.24, 2.45) is 0 Å². The molecule has 0 aromatic carbocycles. The van der Waals surface area contributed by atoms with Crippen molar-refractivity contribution < 1.29 is 9.47 Å². The van der Waals surface area contributed by atoms with Crippen LogP contribution in [0.1, 0.15) is 71.6 Å². The van der Waals surface area contributed by atoms with Gasteiger partial charge < -0.3 is 9.47 Å². The average molecular weight is 305 g/mol. The van der Waals surface area contributed by atoms with Crippen LogP contribution in [0.2, 0.25) is 0 Å². The van der Waals surface area contributed by atoms with Gasteiger partial charge in [0.05, 0.1) is 0 Å². The summed E-state index contributed by atoms with van der Waals surface area (Å²) in [6, 6.07) is 0. The number of allylic oxidation sites excluding steroid dienone is 2. The van der Waals surface area contributed by atoms with E-state index in [1.165, 1.54) is 44.9 Å². The fourth-order valence-electron chi connectivity index (χ4n) is 2.17. The molecule has 3 heteroatoms. The molecule has 0 rings (SSSR count). The summed E-state index contributed by atoms with van der Waals surface area (Å²) in [6.07, 6.45) is 15.5. The number of unbranched alkanes of at least 4 members (excludes halogenated alkanes) is 6. The van der Waals surface area contributed by atoms with E-state index < -0.39 is 0 Å². The molecule has 0 atom stereocenters. The van der Waals surface area contributed by atoms with Crippen LogP contribution in [0.15, 0.2) is 12.2 Å². The van der Waals surface area contributed by atoms with Crippen LogP contribution in [0.3, 0.4) is 0 Å². The summed E-state index contributed by atoms with van der Waals surface area (Å²) in [5, 5.41) is 0.